The first kappa shape index (κ1) is 11.4. The van der Waals surface area contributed by atoms with Crippen LogP contribution < -0.4 is 0 Å². The molecule has 3 nitrogen and oxygen atoms in total. The Balaban J connectivity index is 1.83. The SMILES string of the molecule is CCN1CCC2(CC1)CCN(CC)CO2. The van der Waals surface area contributed by atoms with Gasteiger partial charge in [0.25, 0.3) is 0 Å². The number of hydrogen-bond acceptors (Lipinski definition) is 3. The van der Waals surface area contributed by atoms with Gasteiger partial charge in [0.2, 0.25) is 0 Å². The van der Waals surface area contributed by atoms with E-state index in [0.717, 1.165) is 13.3 Å². The van der Waals surface area contributed by atoms with Gasteiger partial charge in [-0.3, -0.25) is 4.90 Å². The summed E-state index contributed by atoms with van der Waals surface area (Å²) in [5.74, 6) is 0. The zero-order chi connectivity index (χ0) is 10.7. The average Bonchev–Trinajstić information content (AvgIpc) is 2.31. The molecule has 2 heterocycles. The van der Waals surface area contributed by atoms with E-state index in [1.807, 2.05) is 0 Å². The number of piperidine rings is 1. The van der Waals surface area contributed by atoms with Gasteiger partial charge in [-0.25, -0.2) is 0 Å². The van der Waals surface area contributed by atoms with Gasteiger partial charge in [0.05, 0.1) is 12.3 Å². The van der Waals surface area contributed by atoms with E-state index in [2.05, 4.69) is 23.6 Å². The second kappa shape index (κ2) is 4.81. The summed E-state index contributed by atoms with van der Waals surface area (Å²) < 4.78 is 6.10. The molecule has 1 spiro atoms. The van der Waals surface area contributed by atoms with Crippen LogP contribution in [0.4, 0.5) is 0 Å². The van der Waals surface area contributed by atoms with Crippen molar-refractivity contribution >= 4 is 0 Å². The van der Waals surface area contributed by atoms with E-state index < -0.39 is 0 Å². The lowest BCUT2D eigenvalue weighted by Gasteiger charge is -2.46. The molecule has 2 fully saturated rings. The smallest absolute Gasteiger partial charge is 0.0997 e. The highest BCUT2D eigenvalue weighted by Gasteiger charge is 2.37. The topological polar surface area (TPSA) is 15.7 Å². The van der Waals surface area contributed by atoms with Gasteiger partial charge in [0.1, 0.15) is 0 Å². The molecular weight excluding hydrogens is 188 g/mol. The number of nitrogens with zero attached hydrogens (tertiary/aromatic N) is 2. The largest absolute Gasteiger partial charge is 0.359 e. The van der Waals surface area contributed by atoms with Crippen LogP contribution in [0.5, 0.6) is 0 Å². The number of likely N-dealkylation sites (tertiary alicyclic amines) is 1. The third kappa shape index (κ3) is 2.52. The predicted molar refractivity (Wildman–Crippen MR) is 61.9 cm³/mol. The standard InChI is InChI=1S/C12H24N2O/c1-3-13-8-5-12(6-9-13)7-10-14(4-2)11-15-12/h3-11H2,1-2H3. The van der Waals surface area contributed by atoms with Crippen molar-refractivity contribution in [3.8, 4) is 0 Å². The van der Waals surface area contributed by atoms with Gasteiger partial charge in [-0.05, 0) is 32.4 Å². The molecule has 0 aromatic rings. The Kier molecular flexibility index (Phi) is 3.65. The lowest BCUT2D eigenvalue weighted by atomic mass is 9.87. The number of hydrogen-bond donors (Lipinski definition) is 0. The fourth-order valence-electron chi connectivity index (χ4n) is 2.65. The van der Waals surface area contributed by atoms with Crippen molar-refractivity contribution < 1.29 is 4.74 Å². The number of ether oxygens (including phenoxy) is 1. The van der Waals surface area contributed by atoms with E-state index in [1.54, 1.807) is 0 Å². The molecule has 0 aliphatic carbocycles. The van der Waals surface area contributed by atoms with Crippen LogP contribution in [0.15, 0.2) is 0 Å². The lowest BCUT2D eigenvalue weighted by molar-refractivity contribution is -0.158. The molecule has 88 valence electrons. The van der Waals surface area contributed by atoms with Crippen molar-refractivity contribution in [2.24, 2.45) is 0 Å². The molecule has 0 radical (unpaired) electrons. The predicted octanol–water partition coefficient (Wildman–Crippen LogP) is 1.54. The Bertz CT molecular complexity index is 166. The van der Waals surface area contributed by atoms with Crippen molar-refractivity contribution in [1.29, 1.82) is 0 Å². The lowest BCUT2D eigenvalue weighted by Crippen LogP contribution is -2.52. The van der Waals surface area contributed by atoms with Crippen LogP contribution in [0, 0.1) is 0 Å². The third-order valence-corrected chi connectivity index (χ3v) is 4.10. The van der Waals surface area contributed by atoms with E-state index in [1.165, 1.54) is 45.4 Å². The Morgan fingerprint density at radius 3 is 1.87 bits per heavy atom. The maximum atomic E-state index is 6.10. The molecule has 3 heteroatoms. The van der Waals surface area contributed by atoms with E-state index in [0.29, 0.717) is 0 Å². The van der Waals surface area contributed by atoms with Crippen molar-refractivity contribution in [1.82, 2.24) is 9.80 Å². The monoisotopic (exact) mass is 212 g/mol. The fraction of sp³-hybridized carbons (Fsp3) is 1.00. The maximum Gasteiger partial charge on any atom is 0.0997 e. The van der Waals surface area contributed by atoms with Gasteiger partial charge in [0, 0.05) is 19.6 Å². The molecule has 0 aromatic carbocycles. The van der Waals surface area contributed by atoms with Crippen molar-refractivity contribution in [3.05, 3.63) is 0 Å². The Morgan fingerprint density at radius 2 is 1.47 bits per heavy atom. The molecule has 0 unspecified atom stereocenters. The molecule has 0 amide bonds. The summed E-state index contributed by atoms with van der Waals surface area (Å²) in [5, 5.41) is 0. The molecule has 2 saturated heterocycles. The molecule has 15 heavy (non-hydrogen) atoms. The zero-order valence-corrected chi connectivity index (χ0v) is 10.2. The van der Waals surface area contributed by atoms with E-state index in [4.69, 9.17) is 4.74 Å². The van der Waals surface area contributed by atoms with Crippen molar-refractivity contribution in [3.63, 3.8) is 0 Å². The van der Waals surface area contributed by atoms with Crippen LogP contribution in [0.3, 0.4) is 0 Å². The third-order valence-electron chi connectivity index (χ3n) is 4.10. The Labute approximate surface area is 93.4 Å². The molecule has 0 saturated carbocycles. The van der Waals surface area contributed by atoms with E-state index in [9.17, 15) is 0 Å². The van der Waals surface area contributed by atoms with Gasteiger partial charge in [-0.15, -0.1) is 0 Å². The Morgan fingerprint density at radius 1 is 0.933 bits per heavy atom. The summed E-state index contributed by atoms with van der Waals surface area (Å²) in [6.07, 6.45) is 3.70. The molecule has 2 rings (SSSR count). The highest BCUT2D eigenvalue weighted by Crippen LogP contribution is 2.32. The van der Waals surface area contributed by atoms with E-state index in [-0.39, 0.29) is 5.60 Å². The minimum absolute atomic E-state index is 0.233. The number of rotatable bonds is 2. The minimum Gasteiger partial charge on any atom is -0.359 e. The van der Waals surface area contributed by atoms with Crippen LogP contribution in [0.2, 0.25) is 0 Å². The molecule has 0 aromatic heterocycles. The molecule has 0 N–H and O–H groups in total. The van der Waals surface area contributed by atoms with Gasteiger partial charge in [-0.1, -0.05) is 13.8 Å². The summed E-state index contributed by atoms with van der Waals surface area (Å²) in [6.45, 7) is 11.3. The summed E-state index contributed by atoms with van der Waals surface area (Å²) in [4.78, 5) is 4.91. The Hall–Kier alpha value is -0.120. The van der Waals surface area contributed by atoms with Crippen molar-refractivity contribution in [2.75, 3.05) is 39.5 Å². The summed E-state index contributed by atoms with van der Waals surface area (Å²) >= 11 is 0. The summed E-state index contributed by atoms with van der Waals surface area (Å²) in [5.41, 5.74) is 0.233. The maximum absolute atomic E-state index is 6.10. The molecule has 2 aliphatic rings. The summed E-state index contributed by atoms with van der Waals surface area (Å²) in [6, 6.07) is 0. The van der Waals surface area contributed by atoms with Gasteiger partial charge < -0.3 is 9.64 Å². The molecule has 0 bridgehead atoms. The minimum atomic E-state index is 0.233. The van der Waals surface area contributed by atoms with Gasteiger partial charge in [-0.2, -0.15) is 0 Å². The highest BCUT2D eigenvalue weighted by molar-refractivity contribution is 4.90. The second-order valence-corrected chi connectivity index (χ2v) is 4.85. The first-order valence-electron chi connectivity index (χ1n) is 6.37. The van der Waals surface area contributed by atoms with E-state index >= 15 is 0 Å². The van der Waals surface area contributed by atoms with Crippen LogP contribution in [0.25, 0.3) is 0 Å². The normalized spacial score (nSPS) is 28.4. The van der Waals surface area contributed by atoms with Gasteiger partial charge >= 0.3 is 0 Å². The quantitative estimate of drug-likeness (QED) is 0.690. The van der Waals surface area contributed by atoms with Crippen LogP contribution in [-0.2, 0) is 4.74 Å². The first-order chi connectivity index (χ1) is 7.28. The van der Waals surface area contributed by atoms with Crippen LogP contribution in [-0.4, -0.2) is 54.9 Å². The molecule has 0 atom stereocenters. The first-order valence-corrected chi connectivity index (χ1v) is 6.37. The highest BCUT2D eigenvalue weighted by atomic mass is 16.5. The van der Waals surface area contributed by atoms with Crippen molar-refractivity contribution in [2.45, 2.75) is 38.7 Å². The van der Waals surface area contributed by atoms with Gasteiger partial charge in [0.15, 0.2) is 0 Å². The average molecular weight is 212 g/mol. The summed E-state index contributed by atoms with van der Waals surface area (Å²) in [7, 11) is 0. The second-order valence-electron chi connectivity index (χ2n) is 4.85. The fourth-order valence-corrected chi connectivity index (χ4v) is 2.65. The molecule has 2 aliphatic heterocycles. The van der Waals surface area contributed by atoms with Crippen LogP contribution in [0.1, 0.15) is 33.1 Å². The zero-order valence-electron chi connectivity index (χ0n) is 10.2. The molecular formula is C12H24N2O. The van der Waals surface area contributed by atoms with Crippen LogP contribution >= 0.6 is 0 Å².